The Balaban J connectivity index is 1.26. The van der Waals surface area contributed by atoms with Crippen molar-refractivity contribution in [3.63, 3.8) is 0 Å². The molecule has 0 atom stereocenters. The fourth-order valence-corrected chi connectivity index (χ4v) is 3.62. The van der Waals surface area contributed by atoms with Gasteiger partial charge in [0.2, 0.25) is 17.8 Å². The number of nitrogens with zero attached hydrogens (tertiary/aromatic N) is 4. The molecule has 0 spiro atoms. The molecule has 5 aromatic rings. The summed E-state index contributed by atoms with van der Waals surface area (Å²) in [6.45, 7) is 0.396. The summed E-state index contributed by atoms with van der Waals surface area (Å²) in [5, 5.41) is 11.4. The molecule has 0 amide bonds. The fraction of sp³-hybridized carbons (Fsp3) is 0.0345. The van der Waals surface area contributed by atoms with E-state index in [1.807, 2.05) is 109 Å². The van der Waals surface area contributed by atoms with E-state index in [1.165, 1.54) is 0 Å². The van der Waals surface area contributed by atoms with Crippen molar-refractivity contribution < 1.29 is 4.74 Å². The highest BCUT2D eigenvalue weighted by Gasteiger charge is 2.07. The van der Waals surface area contributed by atoms with Crippen LogP contribution in [0, 0.1) is 0 Å². The Kier molecular flexibility index (Phi) is 8.03. The lowest BCUT2D eigenvalue weighted by Gasteiger charge is -2.10. The first kappa shape index (κ1) is 24.7. The molecule has 0 fully saturated rings. The molecule has 0 bridgehead atoms. The van der Waals surface area contributed by atoms with Gasteiger partial charge in [0.1, 0.15) is 12.4 Å². The van der Waals surface area contributed by atoms with Crippen LogP contribution < -0.4 is 20.8 Å². The van der Waals surface area contributed by atoms with Crippen molar-refractivity contribution in [2.24, 2.45) is 5.10 Å². The van der Waals surface area contributed by atoms with Gasteiger partial charge in [-0.2, -0.15) is 20.1 Å². The second-order valence-corrected chi connectivity index (χ2v) is 8.51. The summed E-state index contributed by atoms with van der Waals surface area (Å²) in [6, 6.07) is 34.5. The van der Waals surface area contributed by atoms with Crippen LogP contribution >= 0.6 is 11.6 Å². The van der Waals surface area contributed by atoms with Crippen LogP contribution in [0.3, 0.4) is 0 Å². The average Bonchev–Trinajstić information content (AvgIpc) is 2.94. The highest BCUT2D eigenvalue weighted by molar-refractivity contribution is 6.31. The number of ether oxygens (including phenoxy) is 1. The van der Waals surface area contributed by atoms with Crippen molar-refractivity contribution >= 4 is 47.0 Å². The molecule has 5 rings (SSSR count). The largest absolute Gasteiger partial charge is 0.489 e. The summed E-state index contributed by atoms with van der Waals surface area (Å²) in [5.41, 5.74) is 6.42. The molecule has 0 unspecified atom stereocenters. The summed E-state index contributed by atoms with van der Waals surface area (Å²) in [5.74, 6) is 1.78. The smallest absolute Gasteiger partial charge is 0.250 e. The van der Waals surface area contributed by atoms with Crippen molar-refractivity contribution in [2.75, 3.05) is 16.1 Å². The molecule has 1 heterocycles. The molecule has 4 aromatic carbocycles. The normalized spacial score (nSPS) is 10.8. The maximum absolute atomic E-state index is 6.20. The second-order valence-electron chi connectivity index (χ2n) is 8.11. The van der Waals surface area contributed by atoms with E-state index >= 15 is 0 Å². The zero-order valence-electron chi connectivity index (χ0n) is 20.3. The van der Waals surface area contributed by atoms with Gasteiger partial charge in [0.15, 0.2) is 0 Å². The third kappa shape index (κ3) is 7.05. The summed E-state index contributed by atoms with van der Waals surface area (Å²) < 4.78 is 5.84. The predicted octanol–water partition coefficient (Wildman–Crippen LogP) is 7.04. The van der Waals surface area contributed by atoms with Gasteiger partial charge in [-0.05, 0) is 60.2 Å². The van der Waals surface area contributed by atoms with E-state index in [4.69, 9.17) is 16.3 Å². The van der Waals surface area contributed by atoms with Crippen LogP contribution in [0.15, 0.2) is 114 Å². The number of aromatic nitrogens is 3. The van der Waals surface area contributed by atoms with Crippen LogP contribution in [0.4, 0.5) is 29.2 Å². The molecule has 0 aliphatic heterocycles. The molecule has 38 heavy (non-hydrogen) atoms. The van der Waals surface area contributed by atoms with E-state index in [-0.39, 0.29) is 5.95 Å². The Hall–Kier alpha value is -4.95. The summed E-state index contributed by atoms with van der Waals surface area (Å²) in [7, 11) is 0. The van der Waals surface area contributed by atoms with Crippen LogP contribution in [0.2, 0.25) is 5.02 Å². The molecule has 0 radical (unpaired) electrons. The van der Waals surface area contributed by atoms with Gasteiger partial charge in [-0.1, -0.05) is 66.2 Å². The number of halogens is 1. The number of hydrogen-bond donors (Lipinski definition) is 3. The Morgan fingerprint density at radius 3 is 1.82 bits per heavy atom. The van der Waals surface area contributed by atoms with Gasteiger partial charge < -0.3 is 15.4 Å². The van der Waals surface area contributed by atoms with Crippen molar-refractivity contribution in [3.05, 3.63) is 125 Å². The third-order valence-corrected chi connectivity index (χ3v) is 5.67. The quantitative estimate of drug-likeness (QED) is 0.134. The maximum atomic E-state index is 6.20. The first-order valence-corrected chi connectivity index (χ1v) is 12.2. The van der Waals surface area contributed by atoms with Gasteiger partial charge in [-0.3, -0.25) is 0 Å². The molecule has 0 aliphatic rings. The van der Waals surface area contributed by atoms with Gasteiger partial charge in [-0.15, -0.1) is 0 Å². The molecule has 0 saturated heterocycles. The third-order valence-electron chi connectivity index (χ3n) is 5.31. The zero-order chi connectivity index (χ0) is 26.0. The molecule has 0 saturated carbocycles. The van der Waals surface area contributed by atoms with E-state index in [1.54, 1.807) is 6.21 Å². The van der Waals surface area contributed by atoms with Gasteiger partial charge in [-0.25, -0.2) is 5.43 Å². The number of hydrogen-bond acceptors (Lipinski definition) is 8. The Morgan fingerprint density at radius 1 is 0.658 bits per heavy atom. The zero-order valence-corrected chi connectivity index (χ0v) is 21.0. The van der Waals surface area contributed by atoms with Crippen molar-refractivity contribution in [3.8, 4) is 5.75 Å². The Morgan fingerprint density at radius 2 is 1.21 bits per heavy atom. The number of para-hydroxylation sites is 2. The van der Waals surface area contributed by atoms with E-state index in [9.17, 15) is 0 Å². The maximum Gasteiger partial charge on any atom is 0.250 e. The minimum atomic E-state index is 0.285. The lowest BCUT2D eigenvalue weighted by molar-refractivity contribution is 0.306. The van der Waals surface area contributed by atoms with Gasteiger partial charge in [0.05, 0.1) is 6.21 Å². The first-order valence-electron chi connectivity index (χ1n) is 11.9. The molecule has 9 heteroatoms. The number of benzene rings is 4. The highest BCUT2D eigenvalue weighted by Crippen LogP contribution is 2.20. The number of hydrazone groups is 1. The fourth-order valence-electron chi connectivity index (χ4n) is 3.43. The molecule has 3 N–H and O–H groups in total. The van der Waals surface area contributed by atoms with Gasteiger partial charge in [0.25, 0.3) is 0 Å². The predicted molar refractivity (Wildman–Crippen MR) is 153 cm³/mol. The summed E-state index contributed by atoms with van der Waals surface area (Å²) >= 11 is 6.20. The van der Waals surface area contributed by atoms with E-state index in [0.717, 1.165) is 28.3 Å². The van der Waals surface area contributed by atoms with Crippen LogP contribution in [-0.2, 0) is 6.61 Å². The number of nitrogens with one attached hydrogen (secondary N) is 3. The molecule has 1 aromatic heterocycles. The Bertz CT molecular complexity index is 1440. The average molecular weight is 522 g/mol. The second kappa shape index (κ2) is 12.3. The topological polar surface area (TPSA) is 96.4 Å². The lowest BCUT2D eigenvalue weighted by atomic mass is 10.2. The van der Waals surface area contributed by atoms with Crippen molar-refractivity contribution in [1.29, 1.82) is 0 Å². The molecular formula is C29H24ClN7O. The van der Waals surface area contributed by atoms with E-state index < -0.39 is 0 Å². The molecule has 188 valence electrons. The minimum absolute atomic E-state index is 0.285. The summed E-state index contributed by atoms with van der Waals surface area (Å²) in [6.07, 6.45) is 1.68. The van der Waals surface area contributed by atoms with Crippen LogP contribution in [0.1, 0.15) is 11.1 Å². The minimum Gasteiger partial charge on any atom is -0.489 e. The van der Waals surface area contributed by atoms with Crippen LogP contribution in [0.5, 0.6) is 5.75 Å². The van der Waals surface area contributed by atoms with Crippen molar-refractivity contribution in [1.82, 2.24) is 15.0 Å². The Labute approximate surface area is 225 Å². The monoisotopic (exact) mass is 521 g/mol. The molecule has 8 nitrogen and oxygen atoms in total. The standard InChI is InChI=1S/C29H24ClN7O/c30-26-14-8-7-9-22(26)20-38-25-17-15-21(16-18-25)19-31-37-29-35-27(32-23-10-3-1-4-11-23)34-28(36-29)33-24-12-5-2-6-13-24/h1-19H,20H2,(H3,32,33,34,35,36,37)/b31-19-. The SMILES string of the molecule is Clc1ccccc1COc1ccc(/C=N\Nc2nc(Nc3ccccc3)nc(Nc3ccccc3)n2)cc1. The van der Waals surface area contributed by atoms with Crippen LogP contribution in [0.25, 0.3) is 0 Å². The molecule has 0 aliphatic carbocycles. The highest BCUT2D eigenvalue weighted by atomic mass is 35.5. The van der Waals surface area contributed by atoms with E-state index in [2.05, 4.69) is 36.1 Å². The van der Waals surface area contributed by atoms with Gasteiger partial charge in [0, 0.05) is 22.0 Å². The van der Waals surface area contributed by atoms with E-state index in [0.29, 0.717) is 23.5 Å². The summed E-state index contributed by atoms with van der Waals surface area (Å²) in [4.78, 5) is 13.4. The van der Waals surface area contributed by atoms with Gasteiger partial charge >= 0.3 is 0 Å². The number of rotatable bonds is 10. The number of anilines is 5. The van der Waals surface area contributed by atoms with Crippen LogP contribution in [-0.4, -0.2) is 21.2 Å². The lowest BCUT2D eigenvalue weighted by Crippen LogP contribution is -2.07. The van der Waals surface area contributed by atoms with Crippen molar-refractivity contribution in [2.45, 2.75) is 6.61 Å². The first-order chi connectivity index (χ1) is 18.7. The molecular weight excluding hydrogens is 498 g/mol.